The molecular weight excluding hydrogens is 364 g/mol. The van der Waals surface area contributed by atoms with Crippen LogP contribution in [0.3, 0.4) is 0 Å². The van der Waals surface area contributed by atoms with Crippen LogP contribution in [0.4, 0.5) is 0 Å². The molecule has 1 aromatic rings. The van der Waals surface area contributed by atoms with Crippen molar-refractivity contribution in [3.05, 3.63) is 78.9 Å². The summed E-state index contributed by atoms with van der Waals surface area (Å²) in [6, 6.07) is 10.0. The highest BCUT2D eigenvalue weighted by Crippen LogP contribution is 2.01. The lowest BCUT2D eigenvalue weighted by Gasteiger charge is -2.00. The van der Waals surface area contributed by atoms with E-state index in [9.17, 15) is 14.4 Å². The molecule has 0 aliphatic rings. The van der Waals surface area contributed by atoms with Crippen molar-refractivity contribution in [1.82, 2.24) is 0 Å². The van der Waals surface area contributed by atoms with Gasteiger partial charge < -0.3 is 19.7 Å². The van der Waals surface area contributed by atoms with Gasteiger partial charge in [0.05, 0.1) is 7.11 Å². The van der Waals surface area contributed by atoms with E-state index in [4.69, 9.17) is 10.2 Å². The standard InChI is InChI=1S/C8H10O5.C8H8.C5H8O2/c1-6(8(12)13-5-9)3-2-4-7(10)11;1-2-8-6-4-3-5-7-8;1-4(2)5(6)7-3/h2,4,9H,1,3,5H2,(H,10,11);2-7H,1H2;1H2,2-3H3. The zero-order valence-corrected chi connectivity index (χ0v) is 16.1. The van der Waals surface area contributed by atoms with Gasteiger partial charge in [-0.2, -0.15) is 0 Å². The molecule has 2 N–H and O–H groups in total. The number of hydrogen-bond donors (Lipinski definition) is 2. The summed E-state index contributed by atoms with van der Waals surface area (Å²) in [5.74, 6) is -2.18. The third kappa shape index (κ3) is 16.0. The van der Waals surface area contributed by atoms with Gasteiger partial charge in [0.15, 0.2) is 6.79 Å². The minimum atomic E-state index is -1.09. The number of carbonyl (C=O) groups is 3. The molecule has 0 aliphatic carbocycles. The van der Waals surface area contributed by atoms with Gasteiger partial charge in [-0.1, -0.05) is 62.2 Å². The zero-order valence-electron chi connectivity index (χ0n) is 16.1. The lowest BCUT2D eigenvalue weighted by atomic mass is 10.2. The van der Waals surface area contributed by atoms with Crippen LogP contribution in [0.5, 0.6) is 0 Å². The van der Waals surface area contributed by atoms with Crippen LogP contribution >= 0.6 is 0 Å². The fourth-order valence-electron chi connectivity index (χ4n) is 1.31. The fraction of sp³-hybridized carbons (Fsp3) is 0.190. The monoisotopic (exact) mass is 390 g/mol. The minimum Gasteiger partial charge on any atom is -0.478 e. The molecule has 0 unspecified atom stereocenters. The maximum atomic E-state index is 10.8. The van der Waals surface area contributed by atoms with Crippen molar-refractivity contribution in [2.24, 2.45) is 0 Å². The number of methoxy groups -OCH3 is 1. The number of esters is 2. The van der Waals surface area contributed by atoms with Crippen LogP contribution in [0.1, 0.15) is 18.9 Å². The van der Waals surface area contributed by atoms with E-state index >= 15 is 0 Å². The molecule has 0 aliphatic heterocycles. The molecule has 0 saturated heterocycles. The Hall–Kier alpha value is -3.45. The van der Waals surface area contributed by atoms with Crippen LogP contribution in [0.25, 0.3) is 6.08 Å². The van der Waals surface area contributed by atoms with Crippen molar-refractivity contribution in [1.29, 1.82) is 0 Å². The highest BCUT2D eigenvalue weighted by atomic mass is 16.6. The molecule has 7 heteroatoms. The Bertz CT molecular complexity index is 688. The lowest BCUT2D eigenvalue weighted by molar-refractivity contribution is -0.147. The number of aliphatic hydroxyl groups excluding tert-OH is 1. The molecule has 1 aromatic carbocycles. The molecule has 0 saturated carbocycles. The summed E-state index contributed by atoms with van der Waals surface area (Å²) in [6.45, 7) is 11.2. The van der Waals surface area contributed by atoms with E-state index < -0.39 is 18.7 Å². The molecule has 0 spiro atoms. The Morgan fingerprint density at radius 3 is 2.00 bits per heavy atom. The first kappa shape index (κ1) is 26.8. The van der Waals surface area contributed by atoms with Crippen LogP contribution in [0, 0.1) is 0 Å². The number of hydrogen-bond acceptors (Lipinski definition) is 6. The van der Waals surface area contributed by atoms with Crippen LogP contribution in [-0.4, -0.2) is 42.0 Å². The number of carboxylic acids is 1. The number of benzene rings is 1. The summed E-state index contributed by atoms with van der Waals surface area (Å²) in [5.41, 5.74) is 1.70. The number of carbonyl (C=O) groups excluding carboxylic acids is 2. The molecule has 1 rings (SSSR count). The van der Waals surface area contributed by atoms with E-state index in [0.717, 1.165) is 6.08 Å². The predicted molar refractivity (Wildman–Crippen MR) is 107 cm³/mol. The van der Waals surface area contributed by atoms with Gasteiger partial charge in [-0.15, -0.1) is 0 Å². The smallest absolute Gasteiger partial charge is 0.335 e. The van der Waals surface area contributed by atoms with Crippen molar-refractivity contribution >= 4 is 24.0 Å². The lowest BCUT2D eigenvalue weighted by Crippen LogP contribution is -2.07. The van der Waals surface area contributed by atoms with E-state index in [-0.39, 0.29) is 18.0 Å². The van der Waals surface area contributed by atoms with Gasteiger partial charge in [0.2, 0.25) is 0 Å². The van der Waals surface area contributed by atoms with E-state index in [1.807, 2.05) is 36.4 Å². The molecule has 0 bridgehead atoms. The molecule has 0 radical (unpaired) electrons. The highest BCUT2D eigenvalue weighted by molar-refractivity contribution is 5.88. The molecule has 0 heterocycles. The van der Waals surface area contributed by atoms with Gasteiger partial charge in [0, 0.05) is 17.2 Å². The van der Waals surface area contributed by atoms with Crippen molar-refractivity contribution in [3.8, 4) is 0 Å². The third-order valence-electron chi connectivity index (χ3n) is 2.68. The zero-order chi connectivity index (χ0) is 21.9. The summed E-state index contributed by atoms with van der Waals surface area (Å²) in [7, 11) is 1.33. The highest BCUT2D eigenvalue weighted by Gasteiger charge is 2.05. The Balaban J connectivity index is 0. The van der Waals surface area contributed by atoms with Gasteiger partial charge in [-0.25, -0.2) is 14.4 Å². The van der Waals surface area contributed by atoms with E-state index in [2.05, 4.69) is 29.2 Å². The molecule has 28 heavy (non-hydrogen) atoms. The number of aliphatic hydroxyl groups is 1. The average molecular weight is 390 g/mol. The normalized spacial score (nSPS) is 8.96. The van der Waals surface area contributed by atoms with Gasteiger partial charge in [-0.05, 0) is 18.9 Å². The number of aliphatic carboxylic acids is 1. The quantitative estimate of drug-likeness (QED) is 0.418. The molecule has 0 atom stereocenters. The van der Waals surface area contributed by atoms with Gasteiger partial charge >= 0.3 is 17.9 Å². The largest absolute Gasteiger partial charge is 0.478 e. The second-order valence-electron chi connectivity index (χ2n) is 5.00. The average Bonchev–Trinajstić information content (AvgIpc) is 2.68. The first-order valence-electron chi connectivity index (χ1n) is 7.96. The summed E-state index contributed by atoms with van der Waals surface area (Å²) < 4.78 is 8.47. The fourth-order valence-corrected chi connectivity index (χ4v) is 1.31. The topological polar surface area (TPSA) is 110 Å². The molecular formula is C21H26O7. The number of rotatable bonds is 7. The van der Waals surface area contributed by atoms with Gasteiger partial charge in [0.1, 0.15) is 0 Å². The molecule has 7 nitrogen and oxygen atoms in total. The van der Waals surface area contributed by atoms with Gasteiger partial charge in [0.25, 0.3) is 0 Å². The van der Waals surface area contributed by atoms with Crippen LogP contribution < -0.4 is 0 Å². The van der Waals surface area contributed by atoms with E-state index in [1.54, 1.807) is 6.92 Å². The Morgan fingerprint density at radius 2 is 1.68 bits per heavy atom. The number of ether oxygens (including phenoxy) is 2. The minimum absolute atomic E-state index is 0.0884. The number of allylic oxidation sites excluding steroid dienone is 1. The number of carboxylic acid groups (broad SMARTS) is 1. The van der Waals surface area contributed by atoms with Crippen LogP contribution in [0.2, 0.25) is 0 Å². The Morgan fingerprint density at radius 1 is 1.11 bits per heavy atom. The first-order valence-corrected chi connectivity index (χ1v) is 7.96. The maximum absolute atomic E-state index is 10.8. The maximum Gasteiger partial charge on any atom is 0.335 e. The summed E-state index contributed by atoms with van der Waals surface area (Å²) in [6.07, 6.45) is 4.09. The molecule has 0 amide bonds. The van der Waals surface area contributed by atoms with Crippen molar-refractivity contribution in [3.63, 3.8) is 0 Å². The molecule has 152 valence electrons. The Labute approximate surface area is 164 Å². The summed E-state index contributed by atoms with van der Waals surface area (Å²) in [4.78, 5) is 30.9. The molecule has 0 fully saturated rings. The van der Waals surface area contributed by atoms with E-state index in [1.165, 1.54) is 18.7 Å². The van der Waals surface area contributed by atoms with Gasteiger partial charge in [-0.3, -0.25) is 0 Å². The van der Waals surface area contributed by atoms with Crippen LogP contribution in [0.15, 0.2) is 73.4 Å². The third-order valence-corrected chi connectivity index (χ3v) is 2.68. The van der Waals surface area contributed by atoms with E-state index in [0.29, 0.717) is 5.57 Å². The summed E-state index contributed by atoms with van der Waals surface area (Å²) in [5, 5.41) is 16.4. The van der Waals surface area contributed by atoms with Crippen LogP contribution in [-0.2, 0) is 23.9 Å². The van der Waals surface area contributed by atoms with Crippen molar-refractivity contribution < 1.29 is 34.1 Å². The SMILES string of the molecule is C=C(C)C(=O)OC.C=C(CC=CC(=O)O)C(=O)OCO.C=Cc1ccccc1. The Kier molecular flexibility index (Phi) is 16.2. The molecule has 0 aromatic heterocycles. The first-order chi connectivity index (χ1) is 13.2. The predicted octanol–water partition coefficient (Wildman–Crippen LogP) is 3.13. The summed E-state index contributed by atoms with van der Waals surface area (Å²) >= 11 is 0. The van der Waals surface area contributed by atoms with Crippen molar-refractivity contribution in [2.75, 3.05) is 13.9 Å². The van der Waals surface area contributed by atoms with Crippen molar-refractivity contribution in [2.45, 2.75) is 13.3 Å². The second kappa shape index (κ2) is 17.0. The second-order valence-corrected chi connectivity index (χ2v) is 5.00.